The van der Waals surface area contributed by atoms with Gasteiger partial charge in [0, 0.05) is 24.6 Å². The molecule has 1 aliphatic rings. The number of ether oxygens (including phenoxy) is 1. The minimum Gasteiger partial charge on any atom is -0.494 e. The van der Waals surface area contributed by atoms with Crippen molar-refractivity contribution >= 4 is 27.5 Å². The number of piperidine rings is 1. The van der Waals surface area contributed by atoms with Crippen LogP contribution < -0.4 is 4.74 Å². The molecule has 0 saturated carbocycles. The number of aromatic nitrogens is 1. The molecular weight excluding hydrogens is 351 g/mol. The molecule has 3 aromatic rings. The number of methoxy groups -OCH3 is 1. The molecule has 0 radical (unpaired) electrons. The van der Waals surface area contributed by atoms with Gasteiger partial charge in [0.15, 0.2) is 11.6 Å². The molecular formula is C20H19FN2O2S. The van der Waals surface area contributed by atoms with E-state index in [0.29, 0.717) is 18.7 Å². The Hall–Kier alpha value is -2.47. The number of rotatable bonds is 3. The van der Waals surface area contributed by atoms with Crippen LogP contribution >= 0.6 is 11.3 Å². The molecule has 26 heavy (non-hydrogen) atoms. The molecule has 2 heterocycles. The Morgan fingerprint density at radius 2 is 2.15 bits per heavy atom. The second-order valence-electron chi connectivity index (χ2n) is 6.46. The Balaban J connectivity index is 1.54. The van der Waals surface area contributed by atoms with Crippen LogP contribution in [0.2, 0.25) is 0 Å². The van der Waals surface area contributed by atoms with Gasteiger partial charge in [-0.25, -0.2) is 9.37 Å². The number of benzene rings is 2. The lowest BCUT2D eigenvalue weighted by Crippen LogP contribution is -2.39. The van der Waals surface area contributed by atoms with E-state index in [-0.39, 0.29) is 17.6 Å². The first-order chi connectivity index (χ1) is 12.7. The third-order valence-corrected chi connectivity index (χ3v) is 5.97. The molecule has 2 aromatic carbocycles. The van der Waals surface area contributed by atoms with Crippen LogP contribution in [0.25, 0.3) is 10.2 Å². The van der Waals surface area contributed by atoms with Crippen molar-refractivity contribution in [3.63, 3.8) is 0 Å². The van der Waals surface area contributed by atoms with Crippen LogP contribution in [-0.2, 0) is 0 Å². The average molecular weight is 370 g/mol. The Labute approximate surface area is 155 Å². The Kier molecular flexibility index (Phi) is 4.59. The highest BCUT2D eigenvalue weighted by Gasteiger charge is 2.28. The number of hydrogen-bond donors (Lipinski definition) is 0. The number of likely N-dealkylation sites (tertiary alicyclic amines) is 1. The fourth-order valence-corrected chi connectivity index (χ4v) is 4.50. The third-order valence-electron chi connectivity index (χ3n) is 4.77. The molecule has 1 saturated heterocycles. The smallest absolute Gasteiger partial charge is 0.253 e. The van der Waals surface area contributed by atoms with Gasteiger partial charge in [0.05, 0.1) is 22.3 Å². The highest BCUT2D eigenvalue weighted by atomic mass is 32.1. The zero-order valence-electron chi connectivity index (χ0n) is 14.4. The molecule has 1 aromatic heterocycles. The topological polar surface area (TPSA) is 42.4 Å². The summed E-state index contributed by atoms with van der Waals surface area (Å²) in [5.74, 6) is -0.281. The summed E-state index contributed by atoms with van der Waals surface area (Å²) in [6.07, 6.45) is 1.94. The van der Waals surface area contributed by atoms with Gasteiger partial charge >= 0.3 is 0 Å². The number of carbonyl (C=O) groups is 1. The van der Waals surface area contributed by atoms with Gasteiger partial charge in [-0.1, -0.05) is 12.1 Å². The second kappa shape index (κ2) is 7.03. The van der Waals surface area contributed by atoms with Gasteiger partial charge in [0.1, 0.15) is 0 Å². The van der Waals surface area contributed by atoms with Crippen molar-refractivity contribution in [3.05, 3.63) is 58.9 Å². The summed E-state index contributed by atoms with van der Waals surface area (Å²) >= 11 is 1.70. The number of halogens is 1. The van der Waals surface area contributed by atoms with Crippen LogP contribution in [0.5, 0.6) is 5.75 Å². The van der Waals surface area contributed by atoms with Crippen molar-refractivity contribution in [2.75, 3.05) is 20.2 Å². The number of para-hydroxylation sites is 1. The molecule has 0 bridgehead atoms. The van der Waals surface area contributed by atoms with Crippen molar-refractivity contribution < 1.29 is 13.9 Å². The number of amides is 1. The molecule has 1 fully saturated rings. The maximum atomic E-state index is 13.9. The highest BCUT2D eigenvalue weighted by Crippen LogP contribution is 2.33. The highest BCUT2D eigenvalue weighted by molar-refractivity contribution is 7.18. The van der Waals surface area contributed by atoms with Crippen molar-refractivity contribution in [2.45, 2.75) is 18.8 Å². The van der Waals surface area contributed by atoms with E-state index in [0.717, 1.165) is 23.4 Å². The minimum absolute atomic E-state index is 0.141. The van der Waals surface area contributed by atoms with Crippen LogP contribution in [0.4, 0.5) is 4.39 Å². The van der Waals surface area contributed by atoms with Gasteiger partial charge in [-0.15, -0.1) is 11.3 Å². The predicted octanol–water partition coefficient (Wildman–Crippen LogP) is 4.46. The summed E-state index contributed by atoms with van der Waals surface area (Å²) in [5.41, 5.74) is 1.36. The molecule has 0 spiro atoms. The number of nitrogens with zero attached hydrogens (tertiary/aromatic N) is 2. The van der Waals surface area contributed by atoms with E-state index in [9.17, 15) is 9.18 Å². The van der Waals surface area contributed by atoms with E-state index in [2.05, 4.69) is 6.07 Å². The first-order valence-corrected chi connectivity index (χ1v) is 9.45. The summed E-state index contributed by atoms with van der Waals surface area (Å²) in [6, 6.07) is 12.5. The first kappa shape index (κ1) is 17.0. The van der Waals surface area contributed by atoms with Gasteiger partial charge < -0.3 is 9.64 Å². The Bertz CT molecular complexity index is 923. The van der Waals surface area contributed by atoms with Gasteiger partial charge in [-0.3, -0.25) is 4.79 Å². The van der Waals surface area contributed by atoms with Crippen LogP contribution in [0.3, 0.4) is 0 Å². The molecule has 1 atom stereocenters. The standard InChI is InChI=1S/C20H19FN2O2S/c1-25-17-9-8-13(11-15(17)21)20(24)23-10-4-5-14(12-23)19-22-16-6-2-3-7-18(16)26-19/h2-3,6-9,11,14H,4-5,10,12H2,1H3/t14-/m0/s1. The SMILES string of the molecule is COc1ccc(C(=O)N2CCC[C@H](c3nc4ccccc4s3)C2)cc1F. The largest absolute Gasteiger partial charge is 0.494 e. The van der Waals surface area contributed by atoms with E-state index in [4.69, 9.17) is 9.72 Å². The molecule has 4 rings (SSSR count). The summed E-state index contributed by atoms with van der Waals surface area (Å²) in [5, 5.41) is 1.07. The monoisotopic (exact) mass is 370 g/mol. The average Bonchev–Trinajstić information content (AvgIpc) is 3.12. The molecule has 0 unspecified atom stereocenters. The molecule has 4 nitrogen and oxygen atoms in total. The summed E-state index contributed by atoms with van der Waals surface area (Å²) in [7, 11) is 1.41. The van der Waals surface area contributed by atoms with E-state index in [1.165, 1.54) is 23.9 Å². The Morgan fingerprint density at radius 1 is 1.31 bits per heavy atom. The number of fused-ring (bicyclic) bond motifs is 1. The summed E-state index contributed by atoms with van der Waals surface area (Å²) < 4.78 is 20.0. The molecule has 0 aliphatic carbocycles. The van der Waals surface area contributed by atoms with Crippen LogP contribution in [-0.4, -0.2) is 36.0 Å². The fourth-order valence-electron chi connectivity index (χ4n) is 3.41. The Morgan fingerprint density at radius 3 is 2.92 bits per heavy atom. The van der Waals surface area contributed by atoms with Crippen LogP contribution in [0, 0.1) is 5.82 Å². The van der Waals surface area contributed by atoms with Gasteiger partial charge in [0.2, 0.25) is 0 Å². The maximum absolute atomic E-state index is 13.9. The normalized spacial score (nSPS) is 17.5. The molecule has 1 amide bonds. The van der Waals surface area contributed by atoms with Crippen molar-refractivity contribution in [1.82, 2.24) is 9.88 Å². The molecule has 134 valence electrons. The second-order valence-corrected chi connectivity index (χ2v) is 7.52. The number of carbonyl (C=O) groups excluding carboxylic acids is 1. The van der Waals surface area contributed by atoms with E-state index < -0.39 is 5.82 Å². The lowest BCUT2D eigenvalue weighted by molar-refractivity contribution is 0.0706. The first-order valence-electron chi connectivity index (χ1n) is 8.64. The zero-order valence-corrected chi connectivity index (χ0v) is 15.3. The van der Waals surface area contributed by atoms with E-state index >= 15 is 0 Å². The lowest BCUT2D eigenvalue weighted by atomic mass is 9.98. The summed E-state index contributed by atoms with van der Waals surface area (Å²) in [4.78, 5) is 19.4. The fraction of sp³-hybridized carbons (Fsp3) is 0.300. The van der Waals surface area contributed by atoms with Crippen LogP contribution in [0.1, 0.15) is 34.1 Å². The third kappa shape index (κ3) is 3.17. The van der Waals surface area contributed by atoms with Gasteiger partial charge in [-0.05, 0) is 43.2 Å². The van der Waals surface area contributed by atoms with Gasteiger partial charge in [0.25, 0.3) is 5.91 Å². The van der Waals surface area contributed by atoms with E-state index in [1.54, 1.807) is 17.4 Å². The quantitative estimate of drug-likeness (QED) is 0.683. The van der Waals surface area contributed by atoms with Crippen molar-refractivity contribution in [1.29, 1.82) is 0 Å². The number of hydrogen-bond acceptors (Lipinski definition) is 4. The van der Waals surface area contributed by atoms with Crippen LogP contribution in [0.15, 0.2) is 42.5 Å². The van der Waals surface area contributed by atoms with Crippen molar-refractivity contribution in [3.8, 4) is 5.75 Å². The minimum atomic E-state index is -0.516. The van der Waals surface area contributed by atoms with Gasteiger partial charge in [-0.2, -0.15) is 0 Å². The zero-order chi connectivity index (χ0) is 18.1. The van der Waals surface area contributed by atoms with Crippen molar-refractivity contribution in [2.24, 2.45) is 0 Å². The maximum Gasteiger partial charge on any atom is 0.253 e. The number of thiazole rings is 1. The molecule has 1 aliphatic heterocycles. The predicted molar refractivity (Wildman–Crippen MR) is 100 cm³/mol. The summed E-state index contributed by atoms with van der Waals surface area (Å²) in [6.45, 7) is 1.31. The molecule has 0 N–H and O–H groups in total. The molecule has 6 heteroatoms. The lowest BCUT2D eigenvalue weighted by Gasteiger charge is -2.32. The van der Waals surface area contributed by atoms with E-state index in [1.807, 2.05) is 23.1 Å².